The fourth-order valence-corrected chi connectivity index (χ4v) is 0.831. The molecule has 0 spiro atoms. The first kappa shape index (κ1) is 7.48. The van der Waals surface area contributed by atoms with E-state index in [1.54, 1.807) is 0 Å². The summed E-state index contributed by atoms with van der Waals surface area (Å²) in [6, 6.07) is 0. The predicted octanol–water partition coefficient (Wildman–Crippen LogP) is -0.926. The third-order valence-corrected chi connectivity index (χ3v) is 1.59. The Hall–Kier alpha value is -0.630. The van der Waals surface area contributed by atoms with Crippen molar-refractivity contribution in [2.75, 3.05) is 13.2 Å². The van der Waals surface area contributed by atoms with Crippen LogP contribution in [0.1, 0.15) is 13.8 Å². The highest BCUT2D eigenvalue weighted by Gasteiger charge is 2.27. The summed E-state index contributed by atoms with van der Waals surface area (Å²) in [6.07, 6.45) is 0. The van der Waals surface area contributed by atoms with Gasteiger partial charge in [-0.2, -0.15) is 0 Å². The molecule has 1 fully saturated rings. The van der Waals surface area contributed by atoms with Gasteiger partial charge in [0.2, 0.25) is 5.70 Å². The fraction of sp³-hybridized carbons (Fsp3) is 0.714. The van der Waals surface area contributed by atoms with Crippen molar-refractivity contribution >= 4 is 5.94 Å². The van der Waals surface area contributed by atoms with E-state index < -0.39 is 0 Å². The first-order valence-corrected chi connectivity index (χ1v) is 3.35. The molecule has 56 valence electrons. The molecule has 3 nitrogen and oxygen atoms in total. The van der Waals surface area contributed by atoms with Crippen molar-refractivity contribution in [3.8, 4) is 0 Å². The van der Waals surface area contributed by atoms with Gasteiger partial charge in [0, 0.05) is 0 Å². The van der Waals surface area contributed by atoms with Crippen LogP contribution in [-0.4, -0.2) is 24.7 Å². The van der Waals surface area contributed by atoms with E-state index in [0.717, 1.165) is 6.54 Å². The van der Waals surface area contributed by atoms with E-state index in [4.69, 9.17) is 4.74 Å². The van der Waals surface area contributed by atoms with Gasteiger partial charge in [-0.3, -0.25) is 0 Å². The van der Waals surface area contributed by atoms with Gasteiger partial charge in [0.15, 0.2) is 5.94 Å². The highest BCUT2D eigenvalue weighted by Crippen LogP contribution is 2.08. The molecule has 2 N–H and O–H groups in total. The fourth-order valence-electron chi connectivity index (χ4n) is 0.831. The lowest BCUT2D eigenvalue weighted by molar-refractivity contribution is -0.636. The molecule has 0 bridgehead atoms. The quantitative estimate of drug-likeness (QED) is 0.444. The minimum atomic E-state index is -0.0969. The van der Waals surface area contributed by atoms with Crippen molar-refractivity contribution in [2.24, 2.45) is 0 Å². The molecule has 1 aliphatic rings. The Morgan fingerprint density at radius 3 is 2.80 bits per heavy atom. The van der Waals surface area contributed by atoms with Gasteiger partial charge < -0.3 is 10.1 Å². The maximum atomic E-state index is 10.1. The first-order chi connectivity index (χ1) is 4.64. The molecule has 0 atom stereocenters. The van der Waals surface area contributed by atoms with Crippen LogP contribution < -0.4 is 5.32 Å². The minimum Gasteiger partial charge on any atom is -0.359 e. The number of carbonyl (C=O) groups excluding carboxylic acids is 1. The van der Waals surface area contributed by atoms with E-state index >= 15 is 0 Å². The average Bonchev–Trinajstić information content (AvgIpc) is 1.88. The molecule has 0 saturated carbocycles. The maximum absolute atomic E-state index is 10.1. The molecule has 1 saturated heterocycles. The molecule has 1 heterocycles. The van der Waals surface area contributed by atoms with Crippen LogP contribution in [0.5, 0.6) is 0 Å². The smallest absolute Gasteiger partial charge is 0.216 e. The molecule has 3 heteroatoms. The third kappa shape index (κ3) is 1.67. The molecule has 0 aliphatic carbocycles. The zero-order valence-corrected chi connectivity index (χ0v) is 6.31. The lowest BCUT2D eigenvalue weighted by atomic mass is 10.1. The Balaban J connectivity index is 2.54. The van der Waals surface area contributed by atoms with Crippen molar-refractivity contribution in [1.29, 1.82) is 0 Å². The monoisotopic (exact) mass is 142 g/mol. The first-order valence-electron chi connectivity index (χ1n) is 3.35. The molecule has 0 amide bonds. The molecule has 0 unspecified atom stereocenters. The SMILES string of the molecule is CC1(C)C[NH2+]C(=C=O)CO1. The molecule has 0 aromatic rings. The summed E-state index contributed by atoms with van der Waals surface area (Å²) in [6.45, 7) is 5.23. The van der Waals surface area contributed by atoms with Gasteiger partial charge in [-0.25, -0.2) is 4.79 Å². The summed E-state index contributed by atoms with van der Waals surface area (Å²) >= 11 is 0. The highest BCUT2D eigenvalue weighted by molar-refractivity contribution is 5.48. The second-order valence-corrected chi connectivity index (χ2v) is 3.08. The van der Waals surface area contributed by atoms with Crippen molar-refractivity contribution in [3.05, 3.63) is 5.70 Å². The summed E-state index contributed by atoms with van der Waals surface area (Å²) in [7, 11) is 0. The van der Waals surface area contributed by atoms with Crippen molar-refractivity contribution in [1.82, 2.24) is 0 Å². The average molecular weight is 142 g/mol. The van der Waals surface area contributed by atoms with Crippen LogP contribution >= 0.6 is 0 Å². The number of hydrogen-bond acceptors (Lipinski definition) is 2. The second kappa shape index (κ2) is 2.54. The highest BCUT2D eigenvalue weighted by atomic mass is 16.5. The van der Waals surface area contributed by atoms with Crippen molar-refractivity contribution in [3.63, 3.8) is 0 Å². The molecule has 10 heavy (non-hydrogen) atoms. The zero-order chi connectivity index (χ0) is 7.61. The van der Waals surface area contributed by atoms with E-state index in [0.29, 0.717) is 12.3 Å². The molecule has 0 radical (unpaired) electrons. The number of morpholine rings is 1. The van der Waals surface area contributed by atoms with Gasteiger partial charge >= 0.3 is 0 Å². The van der Waals surface area contributed by atoms with Crippen molar-refractivity contribution in [2.45, 2.75) is 19.4 Å². The van der Waals surface area contributed by atoms with Crippen LogP contribution in [-0.2, 0) is 9.53 Å². The number of ether oxygens (including phenoxy) is 1. The summed E-state index contributed by atoms with van der Waals surface area (Å²) in [5, 5.41) is 1.89. The molecule has 0 aromatic heterocycles. The van der Waals surface area contributed by atoms with Crippen molar-refractivity contribution < 1.29 is 14.8 Å². The number of nitrogens with two attached hydrogens (primary N) is 1. The van der Waals surface area contributed by atoms with Gasteiger partial charge in [0.05, 0.1) is 0 Å². The lowest BCUT2D eigenvalue weighted by Gasteiger charge is -2.27. The predicted molar refractivity (Wildman–Crippen MR) is 36.0 cm³/mol. The van der Waals surface area contributed by atoms with Gasteiger partial charge in [-0.1, -0.05) is 0 Å². The summed E-state index contributed by atoms with van der Waals surface area (Å²) in [5.41, 5.74) is 0.541. The van der Waals surface area contributed by atoms with E-state index in [-0.39, 0.29) is 5.60 Å². The van der Waals surface area contributed by atoms with Gasteiger partial charge in [0.1, 0.15) is 18.8 Å². The van der Waals surface area contributed by atoms with Crippen LogP contribution in [0.15, 0.2) is 5.70 Å². The van der Waals surface area contributed by atoms with E-state index in [2.05, 4.69) is 0 Å². The van der Waals surface area contributed by atoms with Crippen LogP contribution in [0.2, 0.25) is 0 Å². The van der Waals surface area contributed by atoms with Crippen LogP contribution in [0, 0.1) is 0 Å². The van der Waals surface area contributed by atoms with Crippen LogP contribution in [0.4, 0.5) is 0 Å². The summed E-state index contributed by atoms with van der Waals surface area (Å²) in [5.74, 6) is 1.83. The molecular weight excluding hydrogens is 130 g/mol. The minimum absolute atomic E-state index is 0.0969. The van der Waals surface area contributed by atoms with Gasteiger partial charge in [0.25, 0.3) is 0 Å². The standard InChI is InChI=1S/C7H11NO2/c1-7(2)5-8-6(3-9)4-10-7/h8H,4-5H2,1-2H3/p+1. The number of quaternary nitrogens is 1. The van der Waals surface area contributed by atoms with E-state index in [9.17, 15) is 4.79 Å². The van der Waals surface area contributed by atoms with Gasteiger partial charge in [-0.05, 0) is 13.8 Å². The molecule has 1 rings (SSSR count). The maximum Gasteiger partial charge on any atom is 0.216 e. The second-order valence-electron chi connectivity index (χ2n) is 3.08. The van der Waals surface area contributed by atoms with Crippen LogP contribution in [0.25, 0.3) is 0 Å². The Kier molecular flexibility index (Phi) is 1.90. The molecular formula is C7H12NO2+. The normalized spacial score (nSPS) is 24.0. The Labute approximate surface area is 60.1 Å². The van der Waals surface area contributed by atoms with Gasteiger partial charge in [-0.15, -0.1) is 0 Å². The molecule has 0 aromatic carbocycles. The molecule has 1 aliphatic heterocycles. The Bertz CT molecular complexity index is 168. The zero-order valence-electron chi connectivity index (χ0n) is 6.31. The largest absolute Gasteiger partial charge is 0.359 e. The van der Waals surface area contributed by atoms with E-state index in [1.807, 2.05) is 25.1 Å². The lowest BCUT2D eigenvalue weighted by Crippen LogP contribution is -2.89. The summed E-state index contributed by atoms with van der Waals surface area (Å²) in [4.78, 5) is 10.1. The number of hydrogen-bond donors (Lipinski definition) is 1. The summed E-state index contributed by atoms with van der Waals surface area (Å²) < 4.78 is 5.34. The topological polar surface area (TPSA) is 42.9 Å². The Morgan fingerprint density at radius 2 is 2.40 bits per heavy atom. The third-order valence-electron chi connectivity index (χ3n) is 1.59. The number of rotatable bonds is 0. The Morgan fingerprint density at radius 1 is 1.70 bits per heavy atom. The van der Waals surface area contributed by atoms with E-state index in [1.165, 1.54) is 0 Å². The van der Waals surface area contributed by atoms with Crippen LogP contribution in [0.3, 0.4) is 0 Å².